The average molecular weight is 656 g/mol. The summed E-state index contributed by atoms with van der Waals surface area (Å²) in [6.07, 6.45) is 0. The van der Waals surface area contributed by atoms with Gasteiger partial charge in [-0.3, -0.25) is 33.8 Å². The lowest BCUT2D eigenvalue weighted by atomic mass is 10.1. The number of nitrogens with zero attached hydrogens (tertiary/aromatic N) is 3. The first kappa shape index (κ1) is 35.3. The molecule has 0 spiro atoms. The highest BCUT2D eigenvalue weighted by Crippen LogP contribution is 2.23. The van der Waals surface area contributed by atoms with Gasteiger partial charge in [0.25, 0.3) is 23.6 Å². The summed E-state index contributed by atoms with van der Waals surface area (Å²) in [5, 5.41) is 8.54. The van der Waals surface area contributed by atoms with Gasteiger partial charge in [0.05, 0.1) is 88.2 Å². The van der Waals surface area contributed by atoms with Crippen LogP contribution in [0.15, 0.2) is 48.5 Å². The Labute approximate surface area is 270 Å². The Balaban J connectivity index is 1.17. The van der Waals surface area contributed by atoms with Crippen LogP contribution in [0.2, 0.25) is 0 Å². The lowest BCUT2D eigenvalue weighted by Crippen LogP contribution is -2.40. The van der Waals surface area contributed by atoms with E-state index in [1.807, 2.05) is 0 Å². The van der Waals surface area contributed by atoms with Crippen LogP contribution in [0.25, 0.3) is 0 Å². The quantitative estimate of drug-likeness (QED) is 0.138. The Morgan fingerprint density at radius 2 is 0.894 bits per heavy atom. The van der Waals surface area contributed by atoms with E-state index in [0.717, 1.165) is 9.80 Å². The maximum Gasteiger partial charge on any atom is 0.329 e. The van der Waals surface area contributed by atoms with Crippen LogP contribution < -0.4 is 0 Å². The van der Waals surface area contributed by atoms with E-state index in [-0.39, 0.29) is 115 Å². The smallest absolute Gasteiger partial charge is 0.329 e. The standard InChI is InChI=1S/C32H37N3O12/c36-27(21-46-19-17-45-18-20-47-22-28(37)38)33(9-13-43-15-11-34-29(39)23-5-1-2-6-24(23)30(34)40)10-14-44-16-12-35-31(41)25-7-3-4-8-26(25)32(35)42/h1-8H,9-22H2,(H,37,38). The van der Waals surface area contributed by atoms with Gasteiger partial charge in [0.2, 0.25) is 5.91 Å². The Hall–Kier alpha value is -4.54. The van der Waals surface area contributed by atoms with Crippen LogP contribution in [0.5, 0.6) is 0 Å². The zero-order chi connectivity index (χ0) is 33.6. The number of benzene rings is 2. The van der Waals surface area contributed by atoms with Crippen molar-refractivity contribution >= 4 is 35.5 Å². The largest absolute Gasteiger partial charge is 0.480 e. The molecule has 2 aromatic carbocycles. The molecule has 2 aromatic rings. The van der Waals surface area contributed by atoms with Gasteiger partial charge >= 0.3 is 5.97 Å². The van der Waals surface area contributed by atoms with E-state index in [0.29, 0.717) is 22.3 Å². The minimum absolute atomic E-state index is 0.0612. The fraction of sp³-hybridized carbons (Fsp3) is 0.438. The van der Waals surface area contributed by atoms with Crippen molar-refractivity contribution in [3.63, 3.8) is 0 Å². The molecule has 4 rings (SSSR count). The lowest BCUT2D eigenvalue weighted by Gasteiger charge is -2.23. The van der Waals surface area contributed by atoms with E-state index >= 15 is 0 Å². The second-order valence-corrected chi connectivity index (χ2v) is 10.3. The molecule has 15 nitrogen and oxygen atoms in total. The van der Waals surface area contributed by atoms with E-state index in [4.69, 9.17) is 28.8 Å². The summed E-state index contributed by atoms with van der Waals surface area (Å²) in [5.74, 6) is -2.92. The number of fused-ring (bicyclic) bond motifs is 2. The SMILES string of the molecule is O=C(O)COCCOCCOCC(=O)N(CCOCCN1C(=O)c2ccccc2C1=O)CCOCCN1C(=O)c2ccccc2C1=O. The highest BCUT2D eigenvalue weighted by atomic mass is 16.5. The van der Waals surface area contributed by atoms with Gasteiger partial charge in [-0.15, -0.1) is 0 Å². The van der Waals surface area contributed by atoms with Gasteiger partial charge in [-0.05, 0) is 24.3 Å². The van der Waals surface area contributed by atoms with Gasteiger partial charge < -0.3 is 33.7 Å². The summed E-state index contributed by atoms with van der Waals surface area (Å²) < 4.78 is 26.9. The van der Waals surface area contributed by atoms with Crippen LogP contribution in [-0.2, 0) is 33.3 Å². The molecule has 0 unspecified atom stereocenters. The minimum Gasteiger partial charge on any atom is -0.480 e. The van der Waals surface area contributed by atoms with Gasteiger partial charge in [-0.25, -0.2) is 4.79 Å². The fourth-order valence-corrected chi connectivity index (χ4v) is 4.86. The molecule has 2 aliphatic heterocycles. The third-order valence-electron chi connectivity index (χ3n) is 7.23. The van der Waals surface area contributed by atoms with E-state index in [9.17, 15) is 28.8 Å². The maximum atomic E-state index is 12.9. The van der Waals surface area contributed by atoms with Crippen molar-refractivity contribution in [1.29, 1.82) is 0 Å². The van der Waals surface area contributed by atoms with E-state index < -0.39 is 12.6 Å². The van der Waals surface area contributed by atoms with Crippen molar-refractivity contribution in [2.45, 2.75) is 0 Å². The molecule has 47 heavy (non-hydrogen) atoms. The number of carbonyl (C=O) groups is 6. The molecule has 0 aliphatic carbocycles. The molecule has 0 atom stereocenters. The summed E-state index contributed by atoms with van der Waals surface area (Å²) in [6, 6.07) is 13.2. The third-order valence-corrected chi connectivity index (χ3v) is 7.23. The average Bonchev–Trinajstić information content (AvgIpc) is 3.46. The monoisotopic (exact) mass is 655 g/mol. The fourth-order valence-electron chi connectivity index (χ4n) is 4.86. The summed E-state index contributed by atoms with van der Waals surface area (Å²) in [7, 11) is 0. The van der Waals surface area contributed by atoms with Crippen LogP contribution in [-0.4, -0.2) is 148 Å². The van der Waals surface area contributed by atoms with Crippen LogP contribution in [0, 0.1) is 0 Å². The molecule has 2 heterocycles. The van der Waals surface area contributed by atoms with Crippen molar-refractivity contribution in [2.75, 3.05) is 92.2 Å². The lowest BCUT2D eigenvalue weighted by molar-refractivity contribution is -0.142. The van der Waals surface area contributed by atoms with Crippen molar-refractivity contribution in [1.82, 2.24) is 14.7 Å². The number of hydrogen-bond acceptors (Lipinski definition) is 11. The molecule has 5 amide bonds. The molecular formula is C32H37N3O12. The summed E-state index contributed by atoms with van der Waals surface area (Å²) in [4.78, 5) is 77.3. The molecule has 0 radical (unpaired) electrons. The number of rotatable bonds is 22. The molecule has 0 bridgehead atoms. The van der Waals surface area contributed by atoms with Crippen molar-refractivity contribution in [3.8, 4) is 0 Å². The number of amides is 5. The first-order chi connectivity index (χ1) is 22.8. The van der Waals surface area contributed by atoms with E-state index in [2.05, 4.69) is 0 Å². The number of carboxylic acid groups (broad SMARTS) is 1. The van der Waals surface area contributed by atoms with Crippen LogP contribution >= 0.6 is 0 Å². The zero-order valence-electron chi connectivity index (χ0n) is 25.8. The maximum absolute atomic E-state index is 12.9. The Morgan fingerprint density at radius 3 is 1.30 bits per heavy atom. The van der Waals surface area contributed by atoms with Gasteiger partial charge in [0, 0.05) is 13.1 Å². The number of ether oxygens (including phenoxy) is 5. The van der Waals surface area contributed by atoms with Crippen molar-refractivity contribution in [2.24, 2.45) is 0 Å². The molecule has 0 aromatic heterocycles. The first-order valence-corrected chi connectivity index (χ1v) is 15.1. The highest BCUT2D eigenvalue weighted by Gasteiger charge is 2.35. The number of carbonyl (C=O) groups excluding carboxylic acids is 5. The van der Waals surface area contributed by atoms with Crippen molar-refractivity contribution < 1.29 is 57.6 Å². The number of imide groups is 2. The summed E-state index contributed by atoms with van der Waals surface area (Å²) >= 11 is 0. The second-order valence-electron chi connectivity index (χ2n) is 10.3. The Bertz CT molecular complexity index is 1290. The molecule has 2 aliphatic rings. The normalized spacial score (nSPS) is 13.8. The van der Waals surface area contributed by atoms with Gasteiger partial charge in [0.15, 0.2) is 0 Å². The second kappa shape index (κ2) is 18.0. The zero-order valence-corrected chi connectivity index (χ0v) is 25.8. The summed E-state index contributed by atoms with van der Waals surface area (Å²) in [5.41, 5.74) is 1.42. The van der Waals surface area contributed by atoms with E-state index in [1.54, 1.807) is 48.5 Å². The molecule has 15 heteroatoms. The van der Waals surface area contributed by atoms with Crippen LogP contribution in [0.4, 0.5) is 0 Å². The Morgan fingerprint density at radius 1 is 0.532 bits per heavy atom. The topological polar surface area (TPSA) is 179 Å². The molecule has 0 saturated heterocycles. The number of hydrogen-bond donors (Lipinski definition) is 1. The molecular weight excluding hydrogens is 618 g/mol. The van der Waals surface area contributed by atoms with Gasteiger partial charge in [0.1, 0.15) is 13.2 Å². The van der Waals surface area contributed by atoms with Crippen LogP contribution in [0.1, 0.15) is 41.4 Å². The minimum atomic E-state index is -1.07. The summed E-state index contributed by atoms with van der Waals surface area (Å²) in [6.45, 7) is 0.759. The highest BCUT2D eigenvalue weighted by molar-refractivity contribution is 6.22. The van der Waals surface area contributed by atoms with Crippen molar-refractivity contribution in [3.05, 3.63) is 70.8 Å². The number of carboxylic acids is 1. The number of aliphatic carboxylic acids is 1. The van der Waals surface area contributed by atoms with Gasteiger partial charge in [-0.2, -0.15) is 0 Å². The van der Waals surface area contributed by atoms with Crippen LogP contribution in [0.3, 0.4) is 0 Å². The molecule has 252 valence electrons. The Kier molecular flexibility index (Phi) is 13.5. The molecule has 0 fully saturated rings. The molecule has 1 N–H and O–H groups in total. The predicted molar refractivity (Wildman–Crippen MR) is 162 cm³/mol. The molecule has 0 saturated carbocycles. The first-order valence-electron chi connectivity index (χ1n) is 15.1. The van der Waals surface area contributed by atoms with E-state index in [1.165, 1.54) is 4.90 Å². The third kappa shape index (κ3) is 9.73. The van der Waals surface area contributed by atoms with Gasteiger partial charge in [-0.1, -0.05) is 24.3 Å². The predicted octanol–water partition coefficient (Wildman–Crippen LogP) is 0.575.